The number of amides is 2. The van der Waals surface area contributed by atoms with Crippen molar-refractivity contribution in [2.45, 2.75) is 65.6 Å². The van der Waals surface area contributed by atoms with E-state index in [0.717, 1.165) is 0 Å². The summed E-state index contributed by atoms with van der Waals surface area (Å²) in [7, 11) is 0. The Morgan fingerprint density at radius 1 is 1.00 bits per heavy atom. The van der Waals surface area contributed by atoms with E-state index in [1.54, 1.807) is 25.1 Å². The minimum Gasteiger partial charge on any atom is -0.484 e. The Balaban J connectivity index is 2.20. The van der Waals surface area contributed by atoms with Crippen LogP contribution in [0.4, 0.5) is 0 Å². The van der Waals surface area contributed by atoms with Crippen LogP contribution in [0.15, 0.2) is 42.5 Å². The smallest absolute Gasteiger partial charge is 0.261 e. The summed E-state index contributed by atoms with van der Waals surface area (Å²) in [4.78, 5) is 27.2. The van der Waals surface area contributed by atoms with Crippen molar-refractivity contribution < 1.29 is 14.3 Å². The van der Waals surface area contributed by atoms with Crippen molar-refractivity contribution in [3.63, 3.8) is 0 Å². The van der Waals surface area contributed by atoms with E-state index in [9.17, 15) is 9.59 Å². The van der Waals surface area contributed by atoms with Gasteiger partial charge in [-0.25, -0.2) is 0 Å². The van der Waals surface area contributed by atoms with Crippen LogP contribution in [0, 0.1) is 0 Å². The molecule has 2 aromatic carbocycles. The Kier molecular flexibility index (Phi) is 8.99. The van der Waals surface area contributed by atoms with Crippen molar-refractivity contribution in [3.05, 3.63) is 63.6 Å². The first-order valence-electron chi connectivity index (χ1n) is 10.7. The van der Waals surface area contributed by atoms with Gasteiger partial charge in [-0.3, -0.25) is 9.59 Å². The molecule has 0 aromatic heterocycles. The largest absolute Gasteiger partial charge is 0.484 e. The van der Waals surface area contributed by atoms with Gasteiger partial charge >= 0.3 is 0 Å². The van der Waals surface area contributed by atoms with E-state index < -0.39 is 6.04 Å². The van der Waals surface area contributed by atoms with Crippen LogP contribution in [-0.2, 0) is 21.5 Å². The number of carbonyl (C=O) groups is 2. The van der Waals surface area contributed by atoms with Gasteiger partial charge in [0.15, 0.2) is 6.61 Å². The van der Waals surface area contributed by atoms with Crippen molar-refractivity contribution in [3.8, 4) is 5.75 Å². The molecule has 1 atom stereocenters. The average molecular weight is 479 g/mol. The molecular formula is C25H32Cl2N2O3. The third kappa shape index (κ3) is 7.14. The van der Waals surface area contributed by atoms with Crippen LogP contribution in [0.3, 0.4) is 0 Å². The van der Waals surface area contributed by atoms with Crippen LogP contribution in [0.2, 0.25) is 10.0 Å². The molecule has 0 spiro atoms. The number of rotatable bonds is 8. The lowest BCUT2D eigenvalue weighted by Gasteiger charge is -2.30. The number of nitrogens with one attached hydrogen (secondary N) is 1. The van der Waals surface area contributed by atoms with Gasteiger partial charge in [0.2, 0.25) is 5.91 Å². The van der Waals surface area contributed by atoms with E-state index in [-0.39, 0.29) is 36.4 Å². The van der Waals surface area contributed by atoms with Gasteiger partial charge in [0, 0.05) is 28.2 Å². The predicted molar refractivity (Wildman–Crippen MR) is 130 cm³/mol. The highest BCUT2D eigenvalue weighted by atomic mass is 35.5. The number of hydrogen-bond donors (Lipinski definition) is 1. The summed E-state index contributed by atoms with van der Waals surface area (Å²) in [6.07, 6.45) is 0. The van der Waals surface area contributed by atoms with E-state index in [2.05, 4.69) is 26.1 Å². The molecule has 5 nitrogen and oxygen atoms in total. The van der Waals surface area contributed by atoms with Gasteiger partial charge in [-0.15, -0.1) is 0 Å². The molecule has 2 aromatic rings. The first-order valence-corrected chi connectivity index (χ1v) is 11.4. The van der Waals surface area contributed by atoms with Gasteiger partial charge < -0.3 is 15.0 Å². The summed E-state index contributed by atoms with van der Waals surface area (Å²) in [5.41, 5.74) is 1.78. The second kappa shape index (κ2) is 11.1. The zero-order valence-corrected chi connectivity index (χ0v) is 21.1. The summed E-state index contributed by atoms with van der Waals surface area (Å²) < 4.78 is 5.74. The fourth-order valence-corrected chi connectivity index (χ4v) is 3.64. The van der Waals surface area contributed by atoms with Crippen molar-refractivity contribution in [2.24, 2.45) is 0 Å². The second-order valence-electron chi connectivity index (χ2n) is 9.12. The first-order chi connectivity index (χ1) is 14.9. The highest BCUT2D eigenvalue weighted by Crippen LogP contribution is 2.27. The zero-order valence-electron chi connectivity index (χ0n) is 19.5. The predicted octanol–water partition coefficient (Wildman–Crippen LogP) is 5.61. The lowest BCUT2D eigenvalue weighted by molar-refractivity contribution is -0.142. The Labute approximate surface area is 201 Å². The number of ether oxygens (including phenoxy) is 1. The van der Waals surface area contributed by atoms with Crippen LogP contribution in [0.25, 0.3) is 0 Å². The van der Waals surface area contributed by atoms with Gasteiger partial charge in [-0.05, 0) is 56.0 Å². The molecule has 0 aliphatic rings. The molecule has 32 heavy (non-hydrogen) atoms. The Morgan fingerprint density at radius 2 is 1.56 bits per heavy atom. The van der Waals surface area contributed by atoms with Crippen molar-refractivity contribution in [1.29, 1.82) is 0 Å². The number of hydrogen-bond acceptors (Lipinski definition) is 3. The molecule has 0 bridgehead atoms. The van der Waals surface area contributed by atoms with E-state index >= 15 is 0 Å². The molecular weight excluding hydrogens is 447 g/mol. The van der Waals surface area contributed by atoms with Crippen molar-refractivity contribution >= 4 is 35.0 Å². The highest BCUT2D eigenvalue weighted by molar-refractivity contribution is 6.36. The van der Waals surface area contributed by atoms with Gasteiger partial charge in [0.05, 0.1) is 0 Å². The fraction of sp³-hybridized carbons (Fsp3) is 0.440. The number of halogens is 2. The molecule has 2 amide bonds. The van der Waals surface area contributed by atoms with Crippen LogP contribution in [0.1, 0.15) is 52.7 Å². The molecule has 0 radical (unpaired) electrons. The fourth-order valence-electron chi connectivity index (χ4n) is 3.12. The maximum absolute atomic E-state index is 13.1. The van der Waals surface area contributed by atoms with E-state index in [0.29, 0.717) is 21.4 Å². The van der Waals surface area contributed by atoms with Gasteiger partial charge in [-0.2, -0.15) is 0 Å². The third-order valence-corrected chi connectivity index (χ3v) is 5.78. The Bertz CT molecular complexity index is 917. The zero-order chi connectivity index (χ0) is 24.1. The van der Waals surface area contributed by atoms with Crippen LogP contribution < -0.4 is 10.1 Å². The lowest BCUT2D eigenvalue weighted by atomic mass is 9.87. The summed E-state index contributed by atoms with van der Waals surface area (Å²) in [5.74, 6) is -0.0142. The number of carbonyl (C=O) groups excluding carboxylic acids is 2. The molecule has 0 fully saturated rings. The summed E-state index contributed by atoms with van der Waals surface area (Å²) >= 11 is 12.6. The molecule has 0 saturated heterocycles. The lowest BCUT2D eigenvalue weighted by Crippen LogP contribution is -2.50. The maximum atomic E-state index is 13.1. The molecule has 1 unspecified atom stereocenters. The first kappa shape index (κ1) is 26.0. The van der Waals surface area contributed by atoms with E-state index in [1.807, 2.05) is 38.1 Å². The van der Waals surface area contributed by atoms with Gasteiger partial charge in [-0.1, -0.05) is 62.2 Å². The molecule has 0 saturated carbocycles. The van der Waals surface area contributed by atoms with Crippen LogP contribution in [-0.4, -0.2) is 35.4 Å². The van der Waals surface area contributed by atoms with Gasteiger partial charge in [0.25, 0.3) is 5.91 Å². The molecule has 0 heterocycles. The summed E-state index contributed by atoms with van der Waals surface area (Å²) in [6, 6.07) is 12.0. The molecule has 2 rings (SSSR count). The molecule has 7 heteroatoms. The molecule has 1 N–H and O–H groups in total. The Morgan fingerprint density at radius 3 is 2.06 bits per heavy atom. The normalized spacial score (nSPS) is 12.4. The quantitative estimate of drug-likeness (QED) is 0.535. The van der Waals surface area contributed by atoms with Crippen LogP contribution >= 0.6 is 23.2 Å². The standard InChI is InChI=1S/C25H32Cl2N2O3/c1-16(2)28-24(31)17(3)29(14-20-21(26)8-7-9-22(20)27)23(30)15-32-19-12-10-18(11-13-19)25(4,5)6/h7-13,16-17H,14-15H2,1-6H3,(H,28,31). The highest BCUT2D eigenvalue weighted by Gasteiger charge is 2.28. The third-order valence-electron chi connectivity index (χ3n) is 5.07. The summed E-state index contributed by atoms with van der Waals surface area (Å²) in [6.45, 7) is 11.7. The van der Waals surface area contributed by atoms with E-state index in [4.69, 9.17) is 27.9 Å². The van der Waals surface area contributed by atoms with E-state index in [1.165, 1.54) is 10.5 Å². The summed E-state index contributed by atoms with van der Waals surface area (Å²) in [5, 5.41) is 3.72. The number of nitrogens with zero attached hydrogens (tertiary/aromatic N) is 1. The minimum atomic E-state index is -0.732. The topological polar surface area (TPSA) is 58.6 Å². The average Bonchev–Trinajstić information content (AvgIpc) is 2.70. The van der Waals surface area contributed by atoms with Gasteiger partial charge in [0.1, 0.15) is 11.8 Å². The van der Waals surface area contributed by atoms with Crippen molar-refractivity contribution in [2.75, 3.05) is 6.61 Å². The Hall–Kier alpha value is -2.24. The molecule has 174 valence electrons. The SMILES string of the molecule is CC(C)NC(=O)C(C)N(Cc1c(Cl)cccc1Cl)C(=O)COc1ccc(C(C)(C)C)cc1. The second-order valence-corrected chi connectivity index (χ2v) is 9.94. The molecule has 0 aliphatic carbocycles. The maximum Gasteiger partial charge on any atom is 0.261 e. The minimum absolute atomic E-state index is 0.0264. The van der Waals surface area contributed by atoms with Crippen LogP contribution in [0.5, 0.6) is 5.75 Å². The molecule has 0 aliphatic heterocycles. The number of benzene rings is 2. The van der Waals surface area contributed by atoms with Crippen molar-refractivity contribution in [1.82, 2.24) is 10.2 Å². The monoisotopic (exact) mass is 478 g/mol.